The van der Waals surface area contributed by atoms with E-state index in [2.05, 4.69) is 10.6 Å². The number of ether oxygens (including phenoxy) is 1. The summed E-state index contributed by atoms with van der Waals surface area (Å²) in [5.41, 5.74) is 1.30. The quantitative estimate of drug-likeness (QED) is 0.854. The van der Waals surface area contributed by atoms with Gasteiger partial charge in [0.25, 0.3) is 5.91 Å². The zero-order chi connectivity index (χ0) is 15.9. The highest BCUT2D eigenvalue weighted by Crippen LogP contribution is 2.12. The van der Waals surface area contributed by atoms with E-state index in [4.69, 9.17) is 4.74 Å². The molecule has 2 amide bonds. The molecule has 0 bridgehead atoms. The fraction of sp³-hybridized carbons (Fsp3) is 0.500. The molecule has 6 heteroatoms. The maximum absolute atomic E-state index is 12.2. The molecule has 120 valence electrons. The van der Waals surface area contributed by atoms with E-state index in [9.17, 15) is 9.59 Å². The number of nitrogens with zero attached hydrogens (tertiary/aromatic N) is 1. The number of benzene rings is 1. The van der Waals surface area contributed by atoms with E-state index in [0.717, 1.165) is 0 Å². The molecule has 1 aliphatic heterocycles. The molecule has 1 fully saturated rings. The fourth-order valence-electron chi connectivity index (χ4n) is 2.35. The number of hydrogen-bond donors (Lipinski definition) is 2. The van der Waals surface area contributed by atoms with E-state index in [1.165, 1.54) is 0 Å². The van der Waals surface area contributed by atoms with Crippen LogP contribution in [0.4, 0.5) is 5.69 Å². The minimum absolute atomic E-state index is 0.00484. The molecule has 22 heavy (non-hydrogen) atoms. The van der Waals surface area contributed by atoms with Crippen LogP contribution >= 0.6 is 0 Å². The van der Waals surface area contributed by atoms with Gasteiger partial charge in [-0.15, -0.1) is 0 Å². The van der Waals surface area contributed by atoms with E-state index < -0.39 is 0 Å². The third-order valence-electron chi connectivity index (χ3n) is 3.69. The van der Waals surface area contributed by atoms with Crippen LogP contribution in [0.15, 0.2) is 24.3 Å². The third-order valence-corrected chi connectivity index (χ3v) is 3.69. The Labute approximate surface area is 130 Å². The van der Waals surface area contributed by atoms with Gasteiger partial charge in [0.15, 0.2) is 0 Å². The van der Waals surface area contributed by atoms with E-state index in [1.807, 2.05) is 13.8 Å². The standard InChI is InChI=1S/C16H23N3O3/c1-3-19(4-2)16(21)12-5-7-13(8-6-12)18-15(20)14-11-22-10-9-17-14/h5-8,14,17H,3-4,9-11H2,1-2H3,(H,18,20). The van der Waals surface area contributed by atoms with Crippen molar-refractivity contribution in [3.63, 3.8) is 0 Å². The van der Waals surface area contributed by atoms with Crippen LogP contribution in [0.25, 0.3) is 0 Å². The van der Waals surface area contributed by atoms with Gasteiger partial charge in [-0.2, -0.15) is 0 Å². The van der Waals surface area contributed by atoms with Crippen LogP contribution in [0.5, 0.6) is 0 Å². The number of nitrogens with one attached hydrogen (secondary N) is 2. The molecular formula is C16H23N3O3. The lowest BCUT2D eigenvalue weighted by Gasteiger charge is -2.23. The van der Waals surface area contributed by atoms with E-state index in [1.54, 1.807) is 29.2 Å². The molecule has 6 nitrogen and oxygen atoms in total. The number of carbonyl (C=O) groups is 2. The molecule has 1 aromatic rings. The van der Waals surface area contributed by atoms with Gasteiger partial charge in [0.05, 0.1) is 13.2 Å². The molecule has 0 radical (unpaired) electrons. The van der Waals surface area contributed by atoms with Crippen LogP contribution in [-0.4, -0.2) is 55.6 Å². The summed E-state index contributed by atoms with van der Waals surface area (Å²) in [5, 5.41) is 5.93. The van der Waals surface area contributed by atoms with Crippen LogP contribution in [0.1, 0.15) is 24.2 Å². The molecule has 0 aliphatic carbocycles. The number of amides is 2. The van der Waals surface area contributed by atoms with Crippen molar-refractivity contribution in [3.8, 4) is 0 Å². The summed E-state index contributed by atoms with van der Waals surface area (Å²) in [6.07, 6.45) is 0. The SMILES string of the molecule is CCN(CC)C(=O)c1ccc(NC(=O)C2COCCN2)cc1. The molecule has 0 saturated carbocycles. The first-order valence-electron chi connectivity index (χ1n) is 7.67. The summed E-state index contributed by atoms with van der Waals surface area (Å²) in [6.45, 7) is 6.96. The van der Waals surface area contributed by atoms with Gasteiger partial charge in [0.2, 0.25) is 5.91 Å². The van der Waals surface area contributed by atoms with Crippen molar-refractivity contribution < 1.29 is 14.3 Å². The molecule has 1 saturated heterocycles. The van der Waals surface area contributed by atoms with Gasteiger partial charge in [-0.1, -0.05) is 0 Å². The number of carbonyl (C=O) groups excluding carboxylic acids is 2. The van der Waals surface area contributed by atoms with E-state index >= 15 is 0 Å². The van der Waals surface area contributed by atoms with Crippen molar-refractivity contribution in [1.82, 2.24) is 10.2 Å². The van der Waals surface area contributed by atoms with Gasteiger partial charge in [0.1, 0.15) is 6.04 Å². The lowest BCUT2D eigenvalue weighted by molar-refractivity contribution is -0.120. The second-order valence-electron chi connectivity index (χ2n) is 5.13. The van der Waals surface area contributed by atoms with Crippen molar-refractivity contribution >= 4 is 17.5 Å². The second kappa shape index (κ2) is 7.91. The number of anilines is 1. The van der Waals surface area contributed by atoms with Crippen LogP contribution < -0.4 is 10.6 Å². The Morgan fingerprint density at radius 1 is 1.27 bits per heavy atom. The van der Waals surface area contributed by atoms with Gasteiger partial charge in [0, 0.05) is 30.9 Å². The first kappa shape index (κ1) is 16.5. The maximum Gasteiger partial charge on any atom is 0.253 e. The van der Waals surface area contributed by atoms with Crippen LogP contribution in [0, 0.1) is 0 Å². The molecule has 2 rings (SSSR count). The van der Waals surface area contributed by atoms with Crippen molar-refractivity contribution in [2.24, 2.45) is 0 Å². The largest absolute Gasteiger partial charge is 0.378 e. The van der Waals surface area contributed by atoms with Gasteiger partial charge < -0.3 is 20.3 Å². The minimum Gasteiger partial charge on any atom is -0.378 e. The third kappa shape index (κ3) is 4.05. The maximum atomic E-state index is 12.2. The van der Waals surface area contributed by atoms with E-state index in [-0.39, 0.29) is 17.9 Å². The summed E-state index contributed by atoms with van der Waals surface area (Å²) in [5.74, 6) is -0.118. The van der Waals surface area contributed by atoms with E-state index in [0.29, 0.717) is 44.1 Å². The monoisotopic (exact) mass is 305 g/mol. The summed E-state index contributed by atoms with van der Waals surface area (Å²) in [6, 6.07) is 6.64. The zero-order valence-corrected chi connectivity index (χ0v) is 13.1. The molecule has 1 heterocycles. The lowest BCUT2D eigenvalue weighted by Crippen LogP contribution is -2.48. The molecule has 0 spiro atoms. The number of hydrogen-bond acceptors (Lipinski definition) is 4. The molecule has 2 N–H and O–H groups in total. The normalized spacial score (nSPS) is 17.8. The summed E-state index contributed by atoms with van der Waals surface area (Å²) in [4.78, 5) is 26.0. The van der Waals surface area contributed by atoms with Crippen LogP contribution in [0.3, 0.4) is 0 Å². The summed E-state index contributed by atoms with van der Waals surface area (Å²) >= 11 is 0. The molecule has 1 aliphatic rings. The Morgan fingerprint density at radius 3 is 2.50 bits per heavy atom. The van der Waals surface area contributed by atoms with Crippen molar-refractivity contribution in [2.45, 2.75) is 19.9 Å². The predicted octanol–water partition coefficient (Wildman–Crippen LogP) is 1.10. The molecule has 1 atom stereocenters. The highest BCUT2D eigenvalue weighted by Gasteiger charge is 2.21. The average Bonchev–Trinajstić information content (AvgIpc) is 2.57. The van der Waals surface area contributed by atoms with Gasteiger partial charge in [-0.05, 0) is 38.1 Å². The Hall–Kier alpha value is -1.92. The predicted molar refractivity (Wildman–Crippen MR) is 84.9 cm³/mol. The topological polar surface area (TPSA) is 70.7 Å². The Morgan fingerprint density at radius 2 is 1.95 bits per heavy atom. The van der Waals surface area contributed by atoms with Crippen LogP contribution in [0.2, 0.25) is 0 Å². The number of morpholine rings is 1. The van der Waals surface area contributed by atoms with Gasteiger partial charge in [-0.3, -0.25) is 9.59 Å². The Kier molecular flexibility index (Phi) is 5.91. The van der Waals surface area contributed by atoms with Gasteiger partial charge >= 0.3 is 0 Å². The second-order valence-corrected chi connectivity index (χ2v) is 5.13. The molecule has 0 aromatic heterocycles. The van der Waals surface area contributed by atoms with Crippen LogP contribution in [-0.2, 0) is 9.53 Å². The fourth-order valence-corrected chi connectivity index (χ4v) is 2.35. The summed E-state index contributed by atoms with van der Waals surface area (Å²) < 4.78 is 5.27. The minimum atomic E-state index is -0.328. The van der Waals surface area contributed by atoms with Crippen molar-refractivity contribution in [1.29, 1.82) is 0 Å². The zero-order valence-electron chi connectivity index (χ0n) is 13.1. The first-order valence-corrected chi connectivity index (χ1v) is 7.67. The van der Waals surface area contributed by atoms with Gasteiger partial charge in [-0.25, -0.2) is 0 Å². The molecular weight excluding hydrogens is 282 g/mol. The first-order chi connectivity index (χ1) is 10.7. The highest BCUT2D eigenvalue weighted by molar-refractivity contribution is 5.97. The molecule has 1 unspecified atom stereocenters. The smallest absolute Gasteiger partial charge is 0.253 e. The van der Waals surface area contributed by atoms with Crippen molar-refractivity contribution in [2.75, 3.05) is 38.2 Å². The lowest BCUT2D eigenvalue weighted by atomic mass is 10.1. The average molecular weight is 305 g/mol. The Bertz CT molecular complexity index is 506. The molecule has 1 aromatic carbocycles. The number of rotatable bonds is 5. The summed E-state index contributed by atoms with van der Waals surface area (Å²) in [7, 11) is 0. The Balaban J connectivity index is 1.96. The van der Waals surface area contributed by atoms with Crippen molar-refractivity contribution in [3.05, 3.63) is 29.8 Å². The highest BCUT2D eigenvalue weighted by atomic mass is 16.5.